The number of benzene rings is 2. The van der Waals surface area contributed by atoms with E-state index in [0.29, 0.717) is 11.0 Å². The van der Waals surface area contributed by atoms with E-state index in [1.807, 2.05) is 12.1 Å². The molecule has 2 amide bonds. The maximum Gasteiger partial charge on any atom is 0.332 e. The number of amides is 2. The van der Waals surface area contributed by atoms with Gasteiger partial charge in [-0.05, 0) is 35.9 Å². The molecular formula is C14H12BrFN2O3S. The Kier molecular flexibility index (Phi) is 5.15. The van der Waals surface area contributed by atoms with E-state index >= 15 is 0 Å². The minimum absolute atomic E-state index is 0.174. The Balaban J connectivity index is 2.05. The summed E-state index contributed by atoms with van der Waals surface area (Å²) in [6.45, 7) is 0. The molecule has 8 heteroatoms. The molecule has 0 fully saturated rings. The average Bonchev–Trinajstić information content (AvgIpc) is 2.47. The van der Waals surface area contributed by atoms with Crippen LogP contribution in [0.4, 0.5) is 20.1 Å². The number of carbonyl (C=O) groups is 1. The molecule has 0 aliphatic carbocycles. The molecule has 116 valence electrons. The second-order valence-electron chi connectivity index (χ2n) is 4.38. The number of alkyl halides is 1. The molecule has 0 aliphatic heterocycles. The normalized spacial score (nSPS) is 11.0. The third-order valence-corrected chi connectivity index (χ3v) is 4.20. The number of anilines is 2. The van der Waals surface area contributed by atoms with Gasteiger partial charge < -0.3 is 10.6 Å². The van der Waals surface area contributed by atoms with Crippen LogP contribution < -0.4 is 10.6 Å². The van der Waals surface area contributed by atoms with Crippen molar-refractivity contribution >= 4 is 43.6 Å². The lowest BCUT2D eigenvalue weighted by Crippen LogP contribution is -2.19. The Labute approximate surface area is 135 Å². The molecule has 0 saturated heterocycles. The molecule has 5 nitrogen and oxygen atoms in total. The molecule has 0 radical (unpaired) electrons. The van der Waals surface area contributed by atoms with Crippen molar-refractivity contribution in [2.24, 2.45) is 0 Å². The first kappa shape index (κ1) is 16.4. The molecule has 2 N–H and O–H groups in total. The Morgan fingerprint density at radius 1 is 1.05 bits per heavy atom. The first-order valence-corrected chi connectivity index (χ1v) is 8.66. The standard InChI is InChI=1S/C14H12BrFN2O3S/c15-9-10-4-6-11(7-5-10)17-14(19)18-12-2-1-3-13(8-12)22(16,20)21/h1-8H,9H2,(H2,17,18,19). The summed E-state index contributed by atoms with van der Waals surface area (Å²) in [4.78, 5) is 11.3. The Morgan fingerprint density at radius 2 is 1.68 bits per heavy atom. The highest BCUT2D eigenvalue weighted by Crippen LogP contribution is 2.18. The van der Waals surface area contributed by atoms with Gasteiger partial charge in [-0.15, -0.1) is 3.89 Å². The van der Waals surface area contributed by atoms with Crippen molar-refractivity contribution in [2.45, 2.75) is 10.2 Å². The molecule has 2 aromatic rings. The van der Waals surface area contributed by atoms with Gasteiger partial charge in [0.15, 0.2) is 0 Å². The van der Waals surface area contributed by atoms with Gasteiger partial charge in [0.25, 0.3) is 0 Å². The van der Waals surface area contributed by atoms with Gasteiger partial charge in [0.1, 0.15) is 4.90 Å². The molecule has 0 atom stereocenters. The molecule has 2 aromatic carbocycles. The summed E-state index contributed by atoms with van der Waals surface area (Å²) >= 11 is 3.32. The molecule has 2 rings (SSSR count). The molecule has 0 saturated carbocycles. The minimum Gasteiger partial charge on any atom is -0.308 e. The Bertz CT molecular complexity index is 779. The summed E-state index contributed by atoms with van der Waals surface area (Å²) < 4.78 is 34.5. The largest absolute Gasteiger partial charge is 0.332 e. The molecule has 22 heavy (non-hydrogen) atoms. The number of halogens is 2. The van der Waals surface area contributed by atoms with Crippen molar-refractivity contribution in [3.05, 3.63) is 54.1 Å². The van der Waals surface area contributed by atoms with Crippen LogP contribution in [0.15, 0.2) is 53.4 Å². The van der Waals surface area contributed by atoms with Crippen molar-refractivity contribution in [2.75, 3.05) is 10.6 Å². The lowest BCUT2D eigenvalue weighted by atomic mass is 10.2. The number of nitrogens with one attached hydrogen (secondary N) is 2. The van der Waals surface area contributed by atoms with Gasteiger partial charge in [0.2, 0.25) is 0 Å². The quantitative estimate of drug-likeness (QED) is 0.618. The summed E-state index contributed by atoms with van der Waals surface area (Å²) in [5.74, 6) is 0. The zero-order valence-electron chi connectivity index (χ0n) is 11.2. The molecular weight excluding hydrogens is 375 g/mol. The zero-order valence-corrected chi connectivity index (χ0v) is 13.6. The number of urea groups is 1. The SMILES string of the molecule is O=C(Nc1ccc(CBr)cc1)Nc1cccc(S(=O)(=O)F)c1. The second kappa shape index (κ2) is 6.89. The van der Waals surface area contributed by atoms with E-state index in [1.54, 1.807) is 12.1 Å². The van der Waals surface area contributed by atoms with E-state index < -0.39 is 21.1 Å². The van der Waals surface area contributed by atoms with Crippen LogP contribution in [0.2, 0.25) is 0 Å². The number of hydrogen-bond acceptors (Lipinski definition) is 3. The topological polar surface area (TPSA) is 75.3 Å². The first-order valence-electron chi connectivity index (χ1n) is 6.16. The number of hydrogen-bond donors (Lipinski definition) is 2. The van der Waals surface area contributed by atoms with Crippen LogP contribution in [-0.4, -0.2) is 14.4 Å². The fourth-order valence-electron chi connectivity index (χ4n) is 1.70. The maximum absolute atomic E-state index is 12.9. The van der Waals surface area contributed by atoms with Gasteiger partial charge in [-0.3, -0.25) is 0 Å². The van der Waals surface area contributed by atoms with E-state index in [9.17, 15) is 17.1 Å². The first-order chi connectivity index (χ1) is 10.4. The third kappa shape index (κ3) is 4.54. The smallest absolute Gasteiger partial charge is 0.308 e. The molecule has 0 heterocycles. The van der Waals surface area contributed by atoms with Crippen molar-refractivity contribution in [3.63, 3.8) is 0 Å². The van der Waals surface area contributed by atoms with Crippen LogP contribution in [0.1, 0.15) is 5.56 Å². The number of rotatable bonds is 4. The summed E-state index contributed by atoms with van der Waals surface area (Å²) in [5.41, 5.74) is 1.82. The molecule has 0 unspecified atom stereocenters. The van der Waals surface area contributed by atoms with Crippen molar-refractivity contribution in [1.82, 2.24) is 0 Å². The summed E-state index contributed by atoms with van der Waals surface area (Å²) in [6, 6.07) is 11.6. The summed E-state index contributed by atoms with van der Waals surface area (Å²) in [5, 5.41) is 5.74. The lowest BCUT2D eigenvalue weighted by Gasteiger charge is -2.08. The van der Waals surface area contributed by atoms with Crippen molar-refractivity contribution in [3.8, 4) is 0 Å². The predicted octanol–water partition coefficient (Wildman–Crippen LogP) is 3.88. The van der Waals surface area contributed by atoms with Gasteiger partial charge in [-0.1, -0.05) is 34.1 Å². The van der Waals surface area contributed by atoms with E-state index in [0.717, 1.165) is 17.7 Å². The van der Waals surface area contributed by atoms with Crippen LogP contribution >= 0.6 is 15.9 Å². The number of carbonyl (C=O) groups excluding carboxylic acids is 1. The van der Waals surface area contributed by atoms with Gasteiger partial charge in [-0.2, -0.15) is 8.42 Å². The zero-order chi connectivity index (χ0) is 16.2. The second-order valence-corrected chi connectivity index (χ2v) is 6.28. The predicted molar refractivity (Wildman–Crippen MR) is 86.5 cm³/mol. The van der Waals surface area contributed by atoms with Gasteiger partial charge >= 0.3 is 16.3 Å². The summed E-state index contributed by atoms with van der Waals surface area (Å²) in [6.07, 6.45) is 0. The van der Waals surface area contributed by atoms with Crippen LogP contribution in [0.5, 0.6) is 0 Å². The van der Waals surface area contributed by atoms with E-state index in [1.165, 1.54) is 12.1 Å². The molecule has 0 aliphatic rings. The van der Waals surface area contributed by atoms with Crippen molar-refractivity contribution < 1.29 is 17.1 Å². The minimum atomic E-state index is -4.80. The van der Waals surface area contributed by atoms with Gasteiger partial charge in [0, 0.05) is 16.7 Å². The van der Waals surface area contributed by atoms with E-state index in [-0.39, 0.29) is 5.69 Å². The van der Waals surface area contributed by atoms with Crippen LogP contribution in [0.25, 0.3) is 0 Å². The van der Waals surface area contributed by atoms with Gasteiger partial charge in [0.05, 0.1) is 0 Å². The monoisotopic (exact) mass is 386 g/mol. The van der Waals surface area contributed by atoms with Crippen LogP contribution in [0, 0.1) is 0 Å². The molecule has 0 spiro atoms. The lowest BCUT2D eigenvalue weighted by molar-refractivity contribution is 0.262. The molecule has 0 bridgehead atoms. The highest BCUT2D eigenvalue weighted by molar-refractivity contribution is 9.08. The van der Waals surface area contributed by atoms with Crippen LogP contribution in [-0.2, 0) is 15.6 Å². The van der Waals surface area contributed by atoms with Crippen LogP contribution in [0.3, 0.4) is 0 Å². The Hall–Kier alpha value is -1.93. The van der Waals surface area contributed by atoms with Crippen molar-refractivity contribution in [1.29, 1.82) is 0 Å². The average molecular weight is 387 g/mol. The summed E-state index contributed by atoms with van der Waals surface area (Å²) in [7, 11) is -4.80. The Morgan fingerprint density at radius 3 is 2.27 bits per heavy atom. The fraction of sp³-hybridized carbons (Fsp3) is 0.0714. The van der Waals surface area contributed by atoms with Gasteiger partial charge in [-0.25, -0.2) is 4.79 Å². The third-order valence-electron chi connectivity index (χ3n) is 2.74. The van der Waals surface area contributed by atoms with E-state index in [4.69, 9.17) is 0 Å². The fourth-order valence-corrected chi connectivity index (χ4v) is 2.58. The van der Waals surface area contributed by atoms with E-state index in [2.05, 4.69) is 26.6 Å². The molecule has 0 aromatic heterocycles. The maximum atomic E-state index is 12.9. The highest BCUT2D eigenvalue weighted by Gasteiger charge is 2.12. The highest BCUT2D eigenvalue weighted by atomic mass is 79.9.